The van der Waals surface area contributed by atoms with Crippen molar-refractivity contribution in [2.24, 2.45) is 0 Å². The Labute approximate surface area is 117 Å². The zero-order valence-corrected chi connectivity index (χ0v) is 12.7. The summed E-state index contributed by atoms with van der Waals surface area (Å²) < 4.78 is 0. The first-order valence-electron chi connectivity index (χ1n) is 6.13. The molecule has 98 valence electrons. The van der Waals surface area contributed by atoms with Crippen molar-refractivity contribution in [1.29, 1.82) is 0 Å². The van der Waals surface area contributed by atoms with Gasteiger partial charge in [-0.25, -0.2) is 9.97 Å². The SMILES string of the molecule is CCCc1cc2c(Cl)nc(NC(C)(C)C)nc2s1. The molecule has 2 aromatic heterocycles. The molecule has 3 nitrogen and oxygen atoms in total. The normalized spacial score (nSPS) is 12.1. The summed E-state index contributed by atoms with van der Waals surface area (Å²) in [4.78, 5) is 11.1. The average Bonchev–Trinajstić information content (AvgIpc) is 2.58. The molecule has 18 heavy (non-hydrogen) atoms. The van der Waals surface area contributed by atoms with Crippen LogP contribution in [0.5, 0.6) is 0 Å². The van der Waals surface area contributed by atoms with Crippen molar-refractivity contribution in [3.63, 3.8) is 0 Å². The van der Waals surface area contributed by atoms with Crippen molar-refractivity contribution < 1.29 is 0 Å². The zero-order chi connectivity index (χ0) is 13.3. The molecule has 5 heteroatoms. The predicted molar refractivity (Wildman–Crippen MR) is 79.8 cm³/mol. The maximum Gasteiger partial charge on any atom is 0.225 e. The zero-order valence-electron chi connectivity index (χ0n) is 11.2. The number of aromatic nitrogens is 2. The van der Waals surface area contributed by atoms with E-state index in [-0.39, 0.29) is 5.54 Å². The Bertz CT molecular complexity index is 557. The Morgan fingerprint density at radius 2 is 2.06 bits per heavy atom. The van der Waals surface area contributed by atoms with Crippen molar-refractivity contribution >= 4 is 39.1 Å². The third-order valence-electron chi connectivity index (χ3n) is 2.38. The highest BCUT2D eigenvalue weighted by molar-refractivity contribution is 7.18. The summed E-state index contributed by atoms with van der Waals surface area (Å²) in [6.45, 7) is 8.40. The molecular formula is C13H18ClN3S. The molecule has 0 fully saturated rings. The van der Waals surface area contributed by atoms with Gasteiger partial charge in [-0.1, -0.05) is 24.9 Å². The number of rotatable bonds is 3. The number of halogens is 1. The molecule has 0 radical (unpaired) electrons. The van der Waals surface area contributed by atoms with E-state index in [1.54, 1.807) is 11.3 Å². The predicted octanol–water partition coefficient (Wildman–Crippen LogP) is 4.51. The van der Waals surface area contributed by atoms with Crippen LogP contribution >= 0.6 is 22.9 Å². The molecule has 0 aliphatic heterocycles. The van der Waals surface area contributed by atoms with Crippen LogP contribution in [-0.2, 0) is 6.42 Å². The van der Waals surface area contributed by atoms with Gasteiger partial charge in [-0.15, -0.1) is 11.3 Å². The second kappa shape index (κ2) is 5.02. The highest BCUT2D eigenvalue weighted by Gasteiger charge is 2.14. The Morgan fingerprint density at radius 3 is 2.67 bits per heavy atom. The van der Waals surface area contributed by atoms with Gasteiger partial charge in [0.2, 0.25) is 5.95 Å². The summed E-state index contributed by atoms with van der Waals surface area (Å²) in [7, 11) is 0. The summed E-state index contributed by atoms with van der Waals surface area (Å²) in [5.74, 6) is 0.602. The van der Waals surface area contributed by atoms with Crippen LogP contribution in [0.25, 0.3) is 10.2 Å². The summed E-state index contributed by atoms with van der Waals surface area (Å²) in [6, 6.07) is 2.10. The van der Waals surface area contributed by atoms with Gasteiger partial charge < -0.3 is 5.32 Å². The van der Waals surface area contributed by atoms with Crippen LogP contribution < -0.4 is 5.32 Å². The van der Waals surface area contributed by atoms with Crippen molar-refractivity contribution in [2.75, 3.05) is 5.32 Å². The number of fused-ring (bicyclic) bond motifs is 1. The molecule has 0 amide bonds. The van der Waals surface area contributed by atoms with Gasteiger partial charge in [0.15, 0.2) is 0 Å². The molecule has 1 N–H and O–H groups in total. The van der Waals surface area contributed by atoms with Gasteiger partial charge in [-0.05, 0) is 33.3 Å². The molecule has 2 aromatic rings. The van der Waals surface area contributed by atoms with Crippen LogP contribution in [0.3, 0.4) is 0 Å². The van der Waals surface area contributed by atoms with Gasteiger partial charge in [0.05, 0.1) is 0 Å². The fraction of sp³-hybridized carbons (Fsp3) is 0.538. The smallest absolute Gasteiger partial charge is 0.225 e. The highest BCUT2D eigenvalue weighted by atomic mass is 35.5. The van der Waals surface area contributed by atoms with Crippen LogP contribution in [0.2, 0.25) is 5.15 Å². The van der Waals surface area contributed by atoms with E-state index in [0.29, 0.717) is 11.1 Å². The third kappa shape index (κ3) is 3.12. The van der Waals surface area contributed by atoms with E-state index in [0.717, 1.165) is 23.1 Å². The molecule has 0 aliphatic rings. The van der Waals surface area contributed by atoms with Crippen LogP contribution in [0.4, 0.5) is 5.95 Å². The minimum absolute atomic E-state index is 0.0689. The molecule has 0 bridgehead atoms. The van der Waals surface area contributed by atoms with E-state index < -0.39 is 0 Å². The largest absolute Gasteiger partial charge is 0.350 e. The summed E-state index contributed by atoms with van der Waals surface area (Å²) in [5, 5.41) is 4.75. The maximum atomic E-state index is 6.22. The first-order chi connectivity index (χ1) is 8.39. The molecule has 2 rings (SSSR count). The Balaban J connectivity index is 2.41. The molecule has 0 spiro atoms. The number of thiophene rings is 1. The van der Waals surface area contributed by atoms with Gasteiger partial charge in [0, 0.05) is 15.8 Å². The minimum Gasteiger partial charge on any atom is -0.350 e. The maximum absolute atomic E-state index is 6.22. The first-order valence-corrected chi connectivity index (χ1v) is 7.32. The van der Waals surface area contributed by atoms with Gasteiger partial charge in [-0.3, -0.25) is 0 Å². The van der Waals surface area contributed by atoms with Crippen LogP contribution in [0.1, 0.15) is 39.0 Å². The van der Waals surface area contributed by atoms with Crippen LogP contribution in [0.15, 0.2) is 6.07 Å². The Morgan fingerprint density at radius 1 is 1.33 bits per heavy atom. The monoisotopic (exact) mass is 283 g/mol. The molecule has 0 saturated carbocycles. The molecule has 0 saturated heterocycles. The van der Waals surface area contributed by atoms with E-state index >= 15 is 0 Å². The number of hydrogen-bond acceptors (Lipinski definition) is 4. The highest BCUT2D eigenvalue weighted by Crippen LogP contribution is 2.30. The number of anilines is 1. The molecule has 0 atom stereocenters. The Hall–Kier alpha value is -0.870. The van der Waals surface area contributed by atoms with Crippen LogP contribution in [0, 0.1) is 0 Å². The number of aryl methyl sites for hydroxylation is 1. The lowest BCUT2D eigenvalue weighted by Gasteiger charge is -2.20. The lowest BCUT2D eigenvalue weighted by molar-refractivity contribution is 0.627. The number of hydrogen-bond donors (Lipinski definition) is 1. The van der Waals surface area contributed by atoms with Crippen molar-refractivity contribution in [3.05, 3.63) is 16.1 Å². The van der Waals surface area contributed by atoms with Crippen molar-refractivity contribution in [1.82, 2.24) is 9.97 Å². The van der Waals surface area contributed by atoms with E-state index in [2.05, 4.69) is 49.0 Å². The van der Waals surface area contributed by atoms with E-state index in [1.165, 1.54) is 4.88 Å². The van der Waals surface area contributed by atoms with Gasteiger partial charge in [0.1, 0.15) is 9.98 Å². The summed E-state index contributed by atoms with van der Waals surface area (Å²) in [5.41, 5.74) is -0.0689. The third-order valence-corrected chi connectivity index (χ3v) is 3.76. The van der Waals surface area contributed by atoms with Gasteiger partial charge in [-0.2, -0.15) is 0 Å². The second-order valence-corrected chi connectivity index (χ2v) is 6.87. The Kier molecular flexibility index (Phi) is 3.78. The molecule has 2 heterocycles. The molecule has 0 aromatic carbocycles. The van der Waals surface area contributed by atoms with E-state index in [9.17, 15) is 0 Å². The van der Waals surface area contributed by atoms with Gasteiger partial charge >= 0.3 is 0 Å². The molecule has 0 unspecified atom stereocenters. The number of nitrogens with zero attached hydrogens (tertiary/aromatic N) is 2. The molecule has 0 aliphatic carbocycles. The fourth-order valence-corrected chi connectivity index (χ4v) is 3.11. The number of nitrogens with one attached hydrogen (secondary N) is 1. The summed E-state index contributed by atoms with van der Waals surface area (Å²) >= 11 is 7.92. The standard InChI is InChI=1S/C13H18ClN3S/c1-5-6-8-7-9-10(14)15-12(16-11(9)18-8)17-13(2,3)4/h7H,5-6H2,1-4H3,(H,15,16,17). The molecular weight excluding hydrogens is 266 g/mol. The first kappa shape index (κ1) is 13.6. The second-order valence-electron chi connectivity index (χ2n) is 5.39. The van der Waals surface area contributed by atoms with Crippen molar-refractivity contribution in [3.8, 4) is 0 Å². The lowest BCUT2D eigenvalue weighted by atomic mass is 10.1. The average molecular weight is 284 g/mol. The minimum atomic E-state index is -0.0689. The van der Waals surface area contributed by atoms with Gasteiger partial charge in [0.25, 0.3) is 0 Å². The summed E-state index contributed by atoms with van der Waals surface area (Å²) in [6.07, 6.45) is 2.20. The van der Waals surface area contributed by atoms with Crippen LogP contribution in [-0.4, -0.2) is 15.5 Å². The van der Waals surface area contributed by atoms with Crippen molar-refractivity contribution in [2.45, 2.75) is 46.1 Å². The topological polar surface area (TPSA) is 37.8 Å². The lowest BCUT2D eigenvalue weighted by Crippen LogP contribution is -2.27. The fourth-order valence-electron chi connectivity index (χ4n) is 1.70. The van der Waals surface area contributed by atoms with E-state index in [4.69, 9.17) is 11.6 Å². The van der Waals surface area contributed by atoms with E-state index in [1.807, 2.05) is 0 Å². The quantitative estimate of drug-likeness (QED) is 0.842.